The highest BCUT2D eigenvalue weighted by Gasteiger charge is 2.56. The summed E-state index contributed by atoms with van der Waals surface area (Å²) >= 11 is 0. The van der Waals surface area contributed by atoms with Crippen LogP contribution in [0, 0.1) is 12.3 Å². The topological polar surface area (TPSA) is 61.4 Å². The third-order valence-corrected chi connectivity index (χ3v) is 5.24. The van der Waals surface area contributed by atoms with Gasteiger partial charge in [0, 0.05) is 31.2 Å². The van der Waals surface area contributed by atoms with Crippen LogP contribution in [0.3, 0.4) is 0 Å². The molecule has 142 valence electrons. The van der Waals surface area contributed by atoms with E-state index in [4.69, 9.17) is 0 Å². The molecule has 1 aliphatic rings. The van der Waals surface area contributed by atoms with Crippen molar-refractivity contribution < 1.29 is 9.59 Å². The summed E-state index contributed by atoms with van der Waals surface area (Å²) in [4.78, 5) is 27.7. The van der Waals surface area contributed by atoms with E-state index in [0.29, 0.717) is 18.5 Å². The molecule has 5 nitrogen and oxygen atoms in total. The van der Waals surface area contributed by atoms with Crippen LogP contribution in [0.25, 0.3) is 0 Å². The number of nitrogens with one attached hydrogen (secondary N) is 2. The minimum absolute atomic E-state index is 0.214. The molecule has 5 heteroatoms. The van der Waals surface area contributed by atoms with E-state index in [1.165, 1.54) is 0 Å². The first-order valence-corrected chi connectivity index (χ1v) is 9.36. The number of nitrogens with zero attached hydrogens (tertiary/aromatic N) is 1. The summed E-state index contributed by atoms with van der Waals surface area (Å²) < 4.78 is 0. The van der Waals surface area contributed by atoms with Gasteiger partial charge in [-0.15, -0.1) is 0 Å². The van der Waals surface area contributed by atoms with E-state index < -0.39 is 5.41 Å². The summed E-state index contributed by atoms with van der Waals surface area (Å²) in [6, 6.07) is 13.6. The number of carbonyl (C=O) groups is 2. The van der Waals surface area contributed by atoms with Crippen LogP contribution < -0.4 is 15.5 Å². The second kappa shape index (κ2) is 7.43. The monoisotopic (exact) mass is 365 g/mol. The van der Waals surface area contributed by atoms with Crippen molar-refractivity contribution in [3.63, 3.8) is 0 Å². The van der Waals surface area contributed by atoms with Gasteiger partial charge in [-0.1, -0.05) is 25.1 Å². The van der Waals surface area contributed by atoms with E-state index in [1.807, 2.05) is 68.4 Å². The lowest BCUT2D eigenvalue weighted by Gasteiger charge is -2.19. The van der Waals surface area contributed by atoms with Gasteiger partial charge >= 0.3 is 0 Å². The Morgan fingerprint density at radius 3 is 2.19 bits per heavy atom. The molecule has 0 aromatic heterocycles. The van der Waals surface area contributed by atoms with Crippen molar-refractivity contribution in [3.05, 3.63) is 53.6 Å². The molecule has 1 aliphatic carbocycles. The van der Waals surface area contributed by atoms with Gasteiger partial charge in [0.05, 0.1) is 0 Å². The Kier molecular flexibility index (Phi) is 5.22. The molecule has 0 atom stereocenters. The van der Waals surface area contributed by atoms with Crippen molar-refractivity contribution in [3.8, 4) is 0 Å². The Labute approximate surface area is 160 Å². The lowest BCUT2D eigenvalue weighted by molar-refractivity contribution is -0.131. The first kappa shape index (κ1) is 19.0. The van der Waals surface area contributed by atoms with E-state index in [0.717, 1.165) is 28.9 Å². The number of para-hydroxylation sites is 1. The third kappa shape index (κ3) is 3.82. The van der Waals surface area contributed by atoms with Gasteiger partial charge in [-0.25, -0.2) is 0 Å². The summed E-state index contributed by atoms with van der Waals surface area (Å²) in [6.45, 7) is 4.03. The number of hydrogen-bond donors (Lipinski definition) is 2. The van der Waals surface area contributed by atoms with Gasteiger partial charge in [0.25, 0.3) is 0 Å². The molecule has 1 saturated carbocycles. The predicted octanol–water partition coefficient (Wildman–Crippen LogP) is 3.98. The number of amides is 2. The zero-order valence-corrected chi connectivity index (χ0v) is 16.4. The van der Waals surface area contributed by atoms with Crippen LogP contribution in [0.4, 0.5) is 17.1 Å². The highest BCUT2D eigenvalue weighted by molar-refractivity contribution is 6.17. The Bertz CT molecular complexity index is 852. The average molecular weight is 365 g/mol. The van der Waals surface area contributed by atoms with Crippen molar-refractivity contribution in [2.45, 2.75) is 33.1 Å². The Hall–Kier alpha value is -2.82. The summed E-state index contributed by atoms with van der Waals surface area (Å²) in [6.07, 6.45) is 1.98. The van der Waals surface area contributed by atoms with E-state index in [1.54, 1.807) is 0 Å². The van der Waals surface area contributed by atoms with Crippen LogP contribution in [-0.2, 0) is 16.0 Å². The zero-order valence-electron chi connectivity index (χ0n) is 16.4. The molecule has 2 N–H and O–H groups in total. The van der Waals surface area contributed by atoms with Crippen molar-refractivity contribution in [1.29, 1.82) is 0 Å². The van der Waals surface area contributed by atoms with Gasteiger partial charge in [-0.05, 0) is 61.6 Å². The normalized spacial score (nSPS) is 14.4. The molecule has 0 unspecified atom stereocenters. The van der Waals surface area contributed by atoms with Crippen LogP contribution in [0.5, 0.6) is 0 Å². The van der Waals surface area contributed by atoms with E-state index in [-0.39, 0.29) is 11.8 Å². The highest BCUT2D eigenvalue weighted by atomic mass is 16.2. The minimum Gasteiger partial charge on any atom is -0.378 e. The molecule has 1 fully saturated rings. The molecule has 0 bridgehead atoms. The fourth-order valence-electron chi connectivity index (χ4n) is 3.21. The third-order valence-electron chi connectivity index (χ3n) is 5.24. The Morgan fingerprint density at radius 1 is 1.00 bits per heavy atom. The fraction of sp³-hybridized carbons (Fsp3) is 0.364. The molecule has 27 heavy (non-hydrogen) atoms. The zero-order chi connectivity index (χ0) is 19.6. The van der Waals surface area contributed by atoms with Gasteiger partial charge in [0.15, 0.2) is 0 Å². The molecule has 0 radical (unpaired) electrons. The summed E-state index contributed by atoms with van der Waals surface area (Å²) in [5, 5.41) is 5.92. The van der Waals surface area contributed by atoms with Gasteiger partial charge in [0.1, 0.15) is 5.41 Å². The fourth-order valence-corrected chi connectivity index (χ4v) is 3.21. The lowest BCUT2D eigenvalue weighted by atomic mass is 10.0. The van der Waals surface area contributed by atoms with Crippen LogP contribution in [-0.4, -0.2) is 25.9 Å². The molecule has 0 aliphatic heterocycles. The largest absolute Gasteiger partial charge is 0.378 e. The molecule has 0 heterocycles. The van der Waals surface area contributed by atoms with E-state index >= 15 is 0 Å². The molecule has 0 spiro atoms. The number of hydrogen-bond acceptors (Lipinski definition) is 3. The summed E-state index contributed by atoms with van der Waals surface area (Å²) in [5.41, 5.74) is 3.72. The van der Waals surface area contributed by atoms with Gasteiger partial charge in [-0.2, -0.15) is 0 Å². The van der Waals surface area contributed by atoms with Crippen LogP contribution in [0.1, 0.15) is 30.9 Å². The maximum absolute atomic E-state index is 12.9. The Balaban J connectivity index is 1.72. The standard InChI is InChI=1S/C22H27N3O2/c1-5-16-8-6-7-15(2)19(16)24-21(27)22(13-14-22)20(26)23-17-9-11-18(12-10-17)25(3)4/h6-12H,5,13-14H2,1-4H3,(H,23,26)(H,24,27). The van der Waals surface area contributed by atoms with E-state index in [9.17, 15) is 9.59 Å². The second-order valence-electron chi connectivity index (χ2n) is 7.39. The lowest BCUT2D eigenvalue weighted by Crippen LogP contribution is -2.36. The molecule has 2 amide bonds. The quantitative estimate of drug-likeness (QED) is 0.761. The van der Waals surface area contributed by atoms with E-state index in [2.05, 4.69) is 17.6 Å². The van der Waals surface area contributed by atoms with Crippen molar-refractivity contribution in [1.82, 2.24) is 0 Å². The average Bonchev–Trinajstić information content (AvgIpc) is 3.46. The number of aryl methyl sites for hydroxylation is 2. The number of anilines is 3. The number of rotatable bonds is 6. The van der Waals surface area contributed by atoms with Crippen molar-refractivity contribution >= 4 is 28.9 Å². The highest BCUT2D eigenvalue weighted by Crippen LogP contribution is 2.47. The maximum Gasteiger partial charge on any atom is 0.240 e. The smallest absolute Gasteiger partial charge is 0.240 e. The second-order valence-corrected chi connectivity index (χ2v) is 7.39. The summed E-state index contributed by atoms with van der Waals surface area (Å²) in [7, 11) is 3.93. The first-order valence-electron chi connectivity index (χ1n) is 9.36. The first-order chi connectivity index (χ1) is 12.9. The van der Waals surface area contributed by atoms with Gasteiger partial charge in [0.2, 0.25) is 11.8 Å². The molecule has 3 rings (SSSR count). The van der Waals surface area contributed by atoms with Crippen LogP contribution >= 0.6 is 0 Å². The predicted molar refractivity (Wildman–Crippen MR) is 110 cm³/mol. The van der Waals surface area contributed by atoms with Crippen LogP contribution in [0.2, 0.25) is 0 Å². The van der Waals surface area contributed by atoms with Gasteiger partial charge < -0.3 is 15.5 Å². The molecule has 0 saturated heterocycles. The molecule has 2 aromatic carbocycles. The number of carbonyl (C=O) groups excluding carboxylic acids is 2. The van der Waals surface area contributed by atoms with Crippen molar-refractivity contribution in [2.24, 2.45) is 5.41 Å². The SMILES string of the molecule is CCc1cccc(C)c1NC(=O)C1(C(=O)Nc2ccc(N(C)C)cc2)CC1. The molecule has 2 aromatic rings. The van der Waals surface area contributed by atoms with Crippen LogP contribution in [0.15, 0.2) is 42.5 Å². The maximum atomic E-state index is 12.9. The Morgan fingerprint density at radius 2 is 1.63 bits per heavy atom. The minimum atomic E-state index is -0.965. The summed E-state index contributed by atoms with van der Waals surface area (Å²) in [5.74, 6) is -0.446. The van der Waals surface area contributed by atoms with Gasteiger partial charge in [-0.3, -0.25) is 9.59 Å². The van der Waals surface area contributed by atoms with Crippen molar-refractivity contribution in [2.75, 3.05) is 29.6 Å². The molecular formula is C22H27N3O2. The molecular weight excluding hydrogens is 338 g/mol. The number of benzene rings is 2.